The van der Waals surface area contributed by atoms with Gasteiger partial charge in [-0.05, 0) is 43.0 Å². The number of rotatable bonds is 4. The monoisotopic (exact) mass is 432 g/mol. The van der Waals surface area contributed by atoms with E-state index in [2.05, 4.69) is 15.6 Å². The first kappa shape index (κ1) is 19.4. The van der Waals surface area contributed by atoms with E-state index >= 15 is 0 Å². The molecule has 7 nitrogen and oxygen atoms in total. The molecular formula is C23H20N4O3S. The Balaban J connectivity index is 1.31. The number of anilines is 1. The van der Waals surface area contributed by atoms with E-state index in [0.29, 0.717) is 18.5 Å². The van der Waals surface area contributed by atoms with Crippen molar-refractivity contribution in [3.05, 3.63) is 70.0 Å². The third kappa shape index (κ3) is 3.29. The van der Waals surface area contributed by atoms with Gasteiger partial charge in [-0.2, -0.15) is 0 Å². The van der Waals surface area contributed by atoms with Crippen LogP contribution >= 0.6 is 11.3 Å². The Bertz CT molecular complexity index is 1220. The molecule has 1 saturated heterocycles. The molecule has 0 unspecified atom stereocenters. The number of urea groups is 1. The van der Waals surface area contributed by atoms with Gasteiger partial charge >= 0.3 is 6.03 Å². The largest absolute Gasteiger partial charge is 0.325 e. The molecule has 0 bridgehead atoms. The molecule has 5 rings (SSSR count). The third-order valence-electron chi connectivity index (χ3n) is 5.79. The lowest BCUT2D eigenvalue weighted by Crippen LogP contribution is -2.42. The highest BCUT2D eigenvalue weighted by atomic mass is 32.1. The highest BCUT2D eigenvalue weighted by Gasteiger charge is 2.55. The predicted molar refractivity (Wildman–Crippen MR) is 118 cm³/mol. The van der Waals surface area contributed by atoms with Gasteiger partial charge in [-0.15, -0.1) is 11.3 Å². The Morgan fingerprint density at radius 1 is 1.23 bits per heavy atom. The van der Waals surface area contributed by atoms with Crippen molar-refractivity contribution in [2.75, 3.05) is 11.9 Å². The lowest BCUT2D eigenvalue weighted by molar-refractivity contribution is -0.134. The number of carbonyl (C=O) groups is 3. The smallest absolute Gasteiger partial charge is 0.325 e. The zero-order valence-corrected chi connectivity index (χ0v) is 17.7. The molecule has 1 aliphatic heterocycles. The summed E-state index contributed by atoms with van der Waals surface area (Å²) in [5, 5.41) is 8.55. The molecule has 1 aromatic heterocycles. The average molecular weight is 433 g/mol. The molecule has 0 saturated carbocycles. The summed E-state index contributed by atoms with van der Waals surface area (Å²) in [6.07, 6.45) is 1.22. The number of aryl methyl sites for hydroxylation is 2. The van der Waals surface area contributed by atoms with Gasteiger partial charge in [0.15, 0.2) is 0 Å². The van der Waals surface area contributed by atoms with Crippen molar-refractivity contribution < 1.29 is 14.4 Å². The van der Waals surface area contributed by atoms with E-state index in [4.69, 9.17) is 0 Å². The van der Waals surface area contributed by atoms with Crippen molar-refractivity contribution in [3.8, 4) is 11.3 Å². The molecule has 0 radical (unpaired) electrons. The summed E-state index contributed by atoms with van der Waals surface area (Å²) in [5.41, 5.74) is 3.13. The van der Waals surface area contributed by atoms with E-state index < -0.39 is 17.5 Å². The van der Waals surface area contributed by atoms with Crippen molar-refractivity contribution in [2.45, 2.75) is 25.3 Å². The van der Waals surface area contributed by atoms with Crippen LogP contribution in [0.1, 0.15) is 22.6 Å². The minimum Gasteiger partial charge on any atom is -0.325 e. The first-order valence-electron chi connectivity index (χ1n) is 10.0. The molecule has 1 atom stereocenters. The van der Waals surface area contributed by atoms with Gasteiger partial charge in [0.1, 0.15) is 12.1 Å². The maximum absolute atomic E-state index is 13.2. The van der Waals surface area contributed by atoms with Crippen LogP contribution < -0.4 is 10.6 Å². The summed E-state index contributed by atoms with van der Waals surface area (Å²) in [5.74, 6) is -0.803. The number of hydrogen-bond acceptors (Lipinski definition) is 5. The van der Waals surface area contributed by atoms with Crippen LogP contribution in [0.25, 0.3) is 11.3 Å². The summed E-state index contributed by atoms with van der Waals surface area (Å²) in [6.45, 7) is 1.60. The van der Waals surface area contributed by atoms with Crippen LogP contribution in [-0.2, 0) is 21.5 Å². The molecule has 4 amide bonds. The summed E-state index contributed by atoms with van der Waals surface area (Å²) in [4.78, 5) is 43.9. The van der Waals surface area contributed by atoms with Gasteiger partial charge in [-0.3, -0.25) is 14.5 Å². The van der Waals surface area contributed by atoms with E-state index in [1.54, 1.807) is 17.4 Å². The molecule has 156 valence electrons. The Morgan fingerprint density at radius 2 is 2.06 bits per heavy atom. The quantitative estimate of drug-likeness (QED) is 0.618. The molecular weight excluding hydrogens is 412 g/mol. The first-order valence-corrected chi connectivity index (χ1v) is 10.9. The number of aromatic nitrogens is 1. The van der Waals surface area contributed by atoms with Crippen molar-refractivity contribution in [2.24, 2.45) is 0 Å². The van der Waals surface area contributed by atoms with Crippen molar-refractivity contribution in [1.29, 1.82) is 0 Å². The fourth-order valence-electron chi connectivity index (χ4n) is 4.33. The second-order valence-corrected chi connectivity index (χ2v) is 8.83. The summed E-state index contributed by atoms with van der Waals surface area (Å²) < 4.78 is 0. The Morgan fingerprint density at radius 3 is 2.87 bits per heavy atom. The average Bonchev–Trinajstić information content (AvgIpc) is 3.42. The second-order valence-electron chi connectivity index (χ2n) is 7.76. The van der Waals surface area contributed by atoms with Gasteiger partial charge in [0.25, 0.3) is 5.91 Å². The van der Waals surface area contributed by atoms with Crippen molar-refractivity contribution in [3.63, 3.8) is 0 Å². The Labute approximate surface area is 183 Å². The SMILES string of the molecule is Cc1nc(-c2cccc(NC(=O)CN3C(=O)N[C@@]4(CCc5ccccc54)C3=O)c2)cs1. The zero-order valence-electron chi connectivity index (χ0n) is 16.8. The van der Waals surface area contributed by atoms with Crippen LogP contribution in [0.15, 0.2) is 53.9 Å². The number of hydrogen-bond donors (Lipinski definition) is 2. The Kier molecular flexibility index (Phi) is 4.59. The number of amides is 4. The minimum absolute atomic E-state index is 0.339. The van der Waals surface area contributed by atoms with E-state index in [1.165, 1.54) is 0 Å². The van der Waals surface area contributed by atoms with Crippen LogP contribution in [0.5, 0.6) is 0 Å². The van der Waals surface area contributed by atoms with Gasteiger partial charge in [0, 0.05) is 16.6 Å². The lowest BCUT2D eigenvalue weighted by atomic mass is 9.92. The second kappa shape index (κ2) is 7.31. The molecule has 1 spiro atoms. The van der Waals surface area contributed by atoms with Gasteiger partial charge in [-0.25, -0.2) is 9.78 Å². The maximum atomic E-state index is 13.2. The highest BCUT2D eigenvalue weighted by molar-refractivity contribution is 7.09. The van der Waals surface area contributed by atoms with Gasteiger partial charge in [0.05, 0.1) is 10.7 Å². The normalized spacial score (nSPS) is 19.6. The molecule has 2 aliphatic rings. The molecule has 3 aromatic rings. The first-order chi connectivity index (χ1) is 15.0. The number of carbonyl (C=O) groups excluding carboxylic acids is 3. The predicted octanol–water partition coefficient (Wildman–Crippen LogP) is 3.45. The number of benzene rings is 2. The zero-order chi connectivity index (χ0) is 21.6. The standard InChI is InChI=1S/C23H20N4O3S/c1-14-24-19(13-31-14)16-6-4-7-17(11-16)25-20(28)12-27-21(29)23(26-22(27)30)10-9-15-5-2-3-8-18(15)23/h2-8,11,13H,9-10,12H2,1H3,(H,25,28)(H,26,30)/t23-/m1/s1. The number of imide groups is 1. The van der Waals surface area contributed by atoms with E-state index in [1.807, 2.05) is 54.8 Å². The fraction of sp³-hybridized carbons (Fsp3) is 0.217. The molecule has 1 aliphatic carbocycles. The molecule has 2 aromatic carbocycles. The fourth-order valence-corrected chi connectivity index (χ4v) is 4.95. The van der Waals surface area contributed by atoms with Crippen LogP contribution in [-0.4, -0.2) is 34.3 Å². The van der Waals surface area contributed by atoms with Gasteiger partial charge in [0.2, 0.25) is 5.91 Å². The maximum Gasteiger partial charge on any atom is 0.325 e. The number of fused-ring (bicyclic) bond motifs is 2. The van der Waals surface area contributed by atoms with Crippen LogP contribution in [0, 0.1) is 6.92 Å². The van der Waals surface area contributed by atoms with Crippen molar-refractivity contribution in [1.82, 2.24) is 15.2 Å². The van der Waals surface area contributed by atoms with Crippen LogP contribution in [0.3, 0.4) is 0 Å². The van der Waals surface area contributed by atoms with Crippen molar-refractivity contribution >= 4 is 34.9 Å². The molecule has 2 N–H and O–H groups in total. The summed E-state index contributed by atoms with van der Waals surface area (Å²) in [6, 6.07) is 14.4. The van der Waals surface area contributed by atoms with Crippen LogP contribution in [0.2, 0.25) is 0 Å². The Hall–Kier alpha value is -3.52. The lowest BCUT2D eigenvalue weighted by Gasteiger charge is -2.22. The molecule has 31 heavy (non-hydrogen) atoms. The van der Waals surface area contributed by atoms with Gasteiger partial charge in [-0.1, -0.05) is 36.4 Å². The van der Waals surface area contributed by atoms with Gasteiger partial charge < -0.3 is 10.6 Å². The minimum atomic E-state index is -1.06. The molecule has 2 heterocycles. The van der Waals surface area contributed by atoms with E-state index in [-0.39, 0.29) is 12.5 Å². The van der Waals surface area contributed by atoms with E-state index in [0.717, 1.165) is 32.3 Å². The highest BCUT2D eigenvalue weighted by Crippen LogP contribution is 2.41. The number of nitrogens with one attached hydrogen (secondary N) is 2. The summed E-state index contributed by atoms with van der Waals surface area (Å²) >= 11 is 1.56. The van der Waals surface area contributed by atoms with E-state index in [9.17, 15) is 14.4 Å². The topological polar surface area (TPSA) is 91.4 Å². The molecule has 8 heteroatoms. The number of thiazole rings is 1. The summed E-state index contributed by atoms with van der Waals surface area (Å²) in [7, 11) is 0. The third-order valence-corrected chi connectivity index (χ3v) is 6.56. The number of nitrogens with zero attached hydrogens (tertiary/aromatic N) is 2. The van der Waals surface area contributed by atoms with Crippen LogP contribution in [0.4, 0.5) is 10.5 Å². The molecule has 1 fully saturated rings.